The Labute approximate surface area is 179 Å². The van der Waals surface area contributed by atoms with Crippen LogP contribution in [0.5, 0.6) is 0 Å². The van der Waals surface area contributed by atoms with Crippen LogP contribution < -0.4 is 5.32 Å². The minimum atomic E-state index is 0.0854. The quantitative estimate of drug-likeness (QED) is 0.280. The van der Waals surface area contributed by atoms with Crippen molar-refractivity contribution >= 4 is 5.91 Å². The van der Waals surface area contributed by atoms with Gasteiger partial charge in [-0.15, -0.1) is 0 Å². The Bertz CT molecular complexity index is 614. The van der Waals surface area contributed by atoms with Gasteiger partial charge in [-0.3, -0.25) is 4.79 Å². The number of nitrogens with one attached hydrogen (secondary N) is 1. The summed E-state index contributed by atoms with van der Waals surface area (Å²) in [5.74, 6) is 1.18. The number of carbonyl (C=O) groups is 1. The van der Waals surface area contributed by atoms with Crippen LogP contribution in [-0.2, 0) is 4.79 Å². The molecule has 1 amide bonds. The molecule has 4 atom stereocenters. The van der Waals surface area contributed by atoms with Crippen molar-refractivity contribution in [2.75, 3.05) is 26.7 Å². The van der Waals surface area contributed by atoms with Crippen molar-refractivity contribution in [1.82, 2.24) is 5.32 Å². The van der Waals surface area contributed by atoms with Gasteiger partial charge in [0, 0.05) is 25.3 Å². The van der Waals surface area contributed by atoms with Crippen LogP contribution in [0.4, 0.5) is 0 Å². The first kappa shape index (κ1) is 23.9. The molecule has 2 saturated heterocycles. The number of amides is 1. The molecule has 164 valence electrons. The monoisotopic (exact) mass is 401 g/mol. The Morgan fingerprint density at radius 3 is 2.66 bits per heavy atom. The first-order valence-electron chi connectivity index (χ1n) is 11.9. The highest BCUT2D eigenvalue weighted by Crippen LogP contribution is 2.36. The predicted molar refractivity (Wildman–Crippen MR) is 125 cm³/mol. The van der Waals surface area contributed by atoms with Crippen LogP contribution in [0.15, 0.2) is 35.5 Å². The first-order chi connectivity index (χ1) is 13.8. The van der Waals surface area contributed by atoms with E-state index < -0.39 is 0 Å². The van der Waals surface area contributed by atoms with Crippen molar-refractivity contribution in [2.45, 2.75) is 85.1 Å². The molecule has 0 spiro atoms. The summed E-state index contributed by atoms with van der Waals surface area (Å²) in [5, 5.41) is 3.18. The molecule has 0 saturated carbocycles. The zero-order chi connectivity index (χ0) is 21.3. The molecule has 3 heteroatoms. The summed E-state index contributed by atoms with van der Waals surface area (Å²) >= 11 is 0. The molecule has 1 unspecified atom stereocenters. The van der Waals surface area contributed by atoms with E-state index in [1.165, 1.54) is 54.4 Å². The Balaban J connectivity index is 1.65. The molecular formula is C26H45N2O+. The van der Waals surface area contributed by atoms with Gasteiger partial charge in [-0.2, -0.15) is 0 Å². The maximum atomic E-state index is 12.3. The fourth-order valence-electron chi connectivity index (χ4n) is 5.14. The third-order valence-electron chi connectivity index (χ3n) is 7.10. The maximum absolute atomic E-state index is 12.3. The van der Waals surface area contributed by atoms with Gasteiger partial charge in [-0.05, 0) is 71.3 Å². The van der Waals surface area contributed by atoms with Gasteiger partial charge < -0.3 is 9.80 Å². The number of fused-ring (bicyclic) bond motifs is 1. The summed E-state index contributed by atoms with van der Waals surface area (Å²) in [6.07, 6.45) is 18.3. The molecule has 2 rings (SSSR count). The van der Waals surface area contributed by atoms with E-state index in [1.54, 1.807) is 6.08 Å². The van der Waals surface area contributed by atoms with Crippen LogP contribution in [0.1, 0.15) is 79.1 Å². The number of quaternary nitrogens is 1. The second-order valence-electron chi connectivity index (χ2n) is 10.1. The van der Waals surface area contributed by atoms with Crippen LogP contribution in [0.25, 0.3) is 0 Å². The molecule has 29 heavy (non-hydrogen) atoms. The topological polar surface area (TPSA) is 29.1 Å². The molecule has 2 fully saturated rings. The van der Waals surface area contributed by atoms with Gasteiger partial charge in [0.2, 0.25) is 5.91 Å². The Kier molecular flexibility index (Phi) is 9.68. The number of piperidine rings is 1. The van der Waals surface area contributed by atoms with Gasteiger partial charge in [0.25, 0.3) is 0 Å². The Morgan fingerprint density at radius 1 is 1.10 bits per heavy atom. The smallest absolute Gasteiger partial charge is 0.243 e. The predicted octanol–water partition coefficient (Wildman–Crippen LogP) is 5.79. The standard InChI is InChI=1S/C26H44N2O/c1-21(2)10-8-11-22(3)12-9-13-23(4)15-16-26(29)27-20-24-17-19-28(5)18-7-6-14-25(24)28/h10,12,15-16,23-25H,6-9,11,13-14,17-20H2,1-5H3/p+1/b16-15+,22-12+/t23-,24-,25+,28?/m0/s1. The molecule has 0 aromatic carbocycles. The second kappa shape index (κ2) is 11.7. The van der Waals surface area contributed by atoms with Gasteiger partial charge in [0.15, 0.2) is 0 Å². The summed E-state index contributed by atoms with van der Waals surface area (Å²) in [7, 11) is 2.42. The normalized spacial score (nSPS) is 28.2. The van der Waals surface area contributed by atoms with Crippen molar-refractivity contribution in [3.05, 3.63) is 35.5 Å². The molecule has 0 aromatic heterocycles. The van der Waals surface area contributed by atoms with Crippen LogP contribution in [0.3, 0.4) is 0 Å². The molecule has 0 aliphatic carbocycles. The van der Waals surface area contributed by atoms with Gasteiger partial charge in [0.1, 0.15) is 0 Å². The lowest BCUT2D eigenvalue weighted by Crippen LogP contribution is -2.53. The number of hydrogen-bond acceptors (Lipinski definition) is 1. The molecule has 0 aromatic rings. The zero-order valence-corrected chi connectivity index (χ0v) is 19.7. The molecule has 0 radical (unpaired) electrons. The lowest BCUT2D eigenvalue weighted by molar-refractivity contribution is -0.927. The van der Waals surface area contributed by atoms with Crippen molar-refractivity contribution in [2.24, 2.45) is 11.8 Å². The molecule has 2 aliphatic rings. The summed E-state index contributed by atoms with van der Waals surface area (Å²) in [6, 6.07) is 0.763. The van der Waals surface area contributed by atoms with Gasteiger partial charge in [-0.25, -0.2) is 0 Å². The van der Waals surface area contributed by atoms with E-state index in [2.05, 4.69) is 58.3 Å². The van der Waals surface area contributed by atoms with Crippen LogP contribution in [0, 0.1) is 11.8 Å². The van der Waals surface area contributed by atoms with E-state index in [9.17, 15) is 4.79 Å². The SMILES string of the molecule is CC(C)=CCC/C(C)=C/CC[C@H](C)/C=C/C(=O)NC[C@@H]1CC[N+]2(C)CCCC[C@H]12. The van der Waals surface area contributed by atoms with Crippen LogP contribution >= 0.6 is 0 Å². The Hall–Kier alpha value is -1.35. The highest BCUT2D eigenvalue weighted by atomic mass is 16.1. The average Bonchev–Trinajstić information content (AvgIpc) is 3.01. The van der Waals surface area contributed by atoms with E-state index in [0.717, 1.165) is 38.3 Å². The maximum Gasteiger partial charge on any atom is 0.243 e. The minimum Gasteiger partial charge on any atom is -0.352 e. The molecular weight excluding hydrogens is 356 g/mol. The number of nitrogens with zero attached hydrogens (tertiary/aromatic N) is 1. The van der Waals surface area contributed by atoms with E-state index in [4.69, 9.17) is 0 Å². The number of carbonyl (C=O) groups excluding carboxylic acids is 1. The lowest BCUT2D eigenvalue weighted by atomic mass is 9.92. The third kappa shape index (κ3) is 8.12. The van der Waals surface area contributed by atoms with Gasteiger partial charge in [-0.1, -0.05) is 36.3 Å². The van der Waals surface area contributed by atoms with E-state index in [0.29, 0.717) is 11.8 Å². The van der Waals surface area contributed by atoms with Crippen molar-refractivity contribution < 1.29 is 9.28 Å². The lowest BCUT2D eigenvalue weighted by Gasteiger charge is -2.41. The molecule has 0 bridgehead atoms. The molecule has 2 aliphatic heterocycles. The van der Waals surface area contributed by atoms with Crippen LogP contribution in [-0.4, -0.2) is 43.1 Å². The fraction of sp³-hybridized carbons (Fsp3) is 0.731. The fourth-order valence-corrected chi connectivity index (χ4v) is 5.14. The summed E-state index contributed by atoms with van der Waals surface area (Å²) < 4.78 is 1.24. The molecule has 3 nitrogen and oxygen atoms in total. The summed E-state index contributed by atoms with van der Waals surface area (Å²) in [6.45, 7) is 12.2. The number of rotatable bonds is 10. The third-order valence-corrected chi connectivity index (χ3v) is 7.10. The van der Waals surface area contributed by atoms with Gasteiger partial charge in [0.05, 0.1) is 26.2 Å². The summed E-state index contributed by atoms with van der Waals surface area (Å²) in [5.41, 5.74) is 2.87. The average molecular weight is 402 g/mol. The highest BCUT2D eigenvalue weighted by Gasteiger charge is 2.46. The Morgan fingerprint density at radius 2 is 1.90 bits per heavy atom. The van der Waals surface area contributed by atoms with Crippen molar-refractivity contribution in [3.63, 3.8) is 0 Å². The van der Waals surface area contributed by atoms with Crippen LogP contribution in [0.2, 0.25) is 0 Å². The van der Waals surface area contributed by atoms with E-state index >= 15 is 0 Å². The number of allylic oxidation sites excluding steroid dienone is 5. The van der Waals surface area contributed by atoms with Crippen molar-refractivity contribution in [1.29, 1.82) is 0 Å². The van der Waals surface area contributed by atoms with Gasteiger partial charge >= 0.3 is 0 Å². The van der Waals surface area contributed by atoms with E-state index in [1.807, 2.05) is 0 Å². The van der Waals surface area contributed by atoms with E-state index in [-0.39, 0.29) is 5.91 Å². The minimum absolute atomic E-state index is 0.0854. The van der Waals surface area contributed by atoms with Crippen molar-refractivity contribution in [3.8, 4) is 0 Å². The largest absolute Gasteiger partial charge is 0.352 e. The summed E-state index contributed by atoms with van der Waals surface area (Å²) in [4.78, 5) is 12.3. The number of hydrogen-bond donors (Lipinski definition) is 1. The zero-order valence-electron chi connectivity index (χ0n) is 19.7. The molecule has 2 heterocycles. The second-order valence-corrected chi connectivity index (χ2v) is 10.1. The molecule has 1 N–H and O–H groups in total. The highest BCUT2D eigenvalue weighted by molar-refractivity contribution is 5.87. The first-order valence-corrected chi connectivity index (χ1v) is 11.9.